The topological polar surface area (TPSA) is 106 Å². The van der Waals surface area contributed by atoms with Crippen LogP contribution in [0.4, 0.5) is 32.3 Å². The molecule has 0 aliphatic carbocycles. The fourth-order valence-electron chi connectivity index (χ4n) is 4.11. The quantitative estimate of drug-likeness (QED) is 0.248. The van der Waals surface area contributed by atoms with Crippen molar-refractivity contribution in [1.29, 1.82) is 0 Å². The Hall–Kier alpha value is -4.49. The van der Waals surface area contributed by atoms with E-state index in [1.807, 2.05) is 0 Å². The van der Waals surface area contributed by atoms with Gasteiger partial charge in [0.25, 0.3) is 11.9 Å². The van der Waals surface area contributed by atoms with Gasteiger partial charge in [-0.1, -0.05) is 24.3 Å². The molecule has 210 valence electrons. The molecule has 0 saturated carbocycles. The highest BCUT2D eigenvalue weighted by Gasteiger charge is 2.37. The summed E-state index contributed by atoms with van der Waals surface area (Å²) in [6.45, 7) is 1.30. The summed E-state index contributed by atoms with van der Waals surface area (Å²) in [7, 11) is 0. The van der Waals surface area contributed by atoms with E-state index in [4.69, 9.17) is 10.5 Å². The molecule has 1 amide bonds. The number of carbonyl (C=O) groups is 1. The molecule has 0 fully saturated rings. The van der Waals surface area contributed by atoms with Gasteiger partial charge in [-0.15, -0.1) is 0 Å². The van der Waals surface area contributed by atoms with Crippen molar-refractivity contribution in [3.05, 3.63) is 70.3 Å². The Kier molecular flexibility index (Phi) is 8.07. The average Bonchev–Trinajstić information content (AvgIpc) is 2.88. The Morgan fingerprint density at radius 1 is 1.05 bits per heavy atom. The van der Waals surface area contributed by atoms with E-state index >= 15 is 0 Å². The van der Waals surface area contributed by atoms with Crippen LogP contribution in [0.15, 0.2) is 52.4 Å². The summed E-state index contributed by atoms with van der Waals surface area (Å²) in [5.74, 6) is -0.962. The van der Waals surface area contributed by atoms with Crippen molar-refractivity contribution >= 4 is 24.5 Å². The van der Waals surface area contributed by atoms with Gasteiger partial charge < -0.3 is 15.4 Å². The van der Waals surface area contributed by atoms with Crippen LogP contribution in [0.5, 0.6) is 5.88 Å². The highest BCUT2D eigenvalue weighted by Crippen LogP contribution is 2.38. The number of carbonyl (C=O) groups excluding carboxylic acids is 1. The number of fused-ring (bicyclic) bond motifs is 1. The molecule has 4 rings (SSSR count). The van der Waals surface area contributed by atoms with Crippen LogP contribution >= 0.6 is 0 Å². The fraction of sp³-hybridized carbons (Fsp3) is 0.269. The number of hydrogen-bond donors (Lipinski definition) is 1. The van der Waals surface area contributed by atoms with Crippen molar-refractivity contribution in [1.82, 2.24) is 14.9 Å². The molecule has 40 heavy (non-hydrogen) atoms. The number of halogens is 6. The molecule has 8 nitrogen and oxygen atoms in total. The Balaban J connectivity index is 1.84. The molecule has 0 radical (unpaired) electrons. The van der Waals surface area contributed by atoms with E-state index in [-0.39, 0.29) is 54.3 Å². The molecule has 2 heterocycles. The average molecular weight is 564 g/mol. The van der Waals surface area contributed by atoms with Crippen LogP contribution in [0, 0.1) is 6.92 Å². The lowest BCUT2D eigenvalue weighted by Crippen LogP contribution is -2.35. The molecule has 2 N–H and O–H groups in total. The molecule has 0 saturated heterocycles. The predicted octanol–water partition coefficient (Wildman–Crippen LogP) is 5.56. The monoisotopic (exact) mass is 564 g/mol. The Labute approximate surface area is 224 Å². The molecular weight excluding hydrogens is 542 g/mol. The van der Waals surface area contributed by atoms with Crippen LogP contribution in [0.25, 0.3) is 11.3 Å². The third kappa shape index (κ3) is 6.38. The van der Waals surface area contributed by atoms with Crippen molar-refractivity contribution in [2.24, 2.45) is 15.7 Å². The lowest BCUT2D eigenvalue weighted by molar-refractivity contribution is -0.143. The van der Waals surface area contributed by atoms with Crippen LogP contribution in [0.1, 0.15) is 39.0 Å². The first-order valence-corrected chi connectivity index (χ1v) is 11.8. The van der Waals surface area contributed by atoms with E-state index in [0.29, 0.717) is 17.7 Å². The van der Waals surface area contributed by atoms with E-state index in [2.05, 4.69) is 20.0 Å². The van der Waals surface area contributed by atoms with Gasteiger partial charge in [0, 0.05) is 18.7 Å². The lowest BCUT2D eigenvalue weighted by atomic mass is 10.00. The molecule has 1 aromatic heterocycles. The third-order valence-electron chi connectivity index (χ3n) is 5.92. The van der Waals surface area contributed by atoms with E-state index in [0.717, 1.165) is 23.1 Å². The van der Waals surface area contributed by atoms with Gasteiger partial charge in [-0.05, 0) is 42.7 Å². The van der Waals surface area contributed by atoms with E-state index < -0.39 is 35.9 Å². The number of ether oxygens (including phenoxy) is 1. The zero-order chi connectivity index (χ0) is 29.1. The van der Waals surface area contributed by atoms with Gasteiger partial charge in [-0.3, -0.25) is 4.79 Å². The summed E-state index contributed by atoms with van der Waals surface area (Å²) < 4.78 is 86.3. The number of nitrogens with zero attached hydrogens (tertiary/aromatic N) is 5. The van der Waals surface area contributed by atoms with Crippen molar-refractivity contribution in [2.75, 3.05) is 13.2 Å². The summed E-state index contributed by atoms with van der Waals surface area (Å²) in [6.07, 6.45) is -7.72. The van der Waals surface area contributed by atoms with Crippen LogP contribution in [0.2, 0.25) is 0 Å². The van der Waals surface area contributed by atoms with Crippen LogP contribution in [0.3, 0.4) is 0 Å². The minimum absolute atomic E-state index is 0.00575. The Morgan fingerprint density at radius 2 is 1.73 bits per heavy atom. The molecule has 0 unspecified atom stereocenters. The van der Waals surface area contributed by atoms with Gasteiger partial charge in [0.2, 0.25) is 5.88 Å². The molecule has 14 heteroatoms. The second-order valence-electron chi connectivity index (χ2n) is 8.75. The largest absolute Gasteiger partial charge is 0.477 e. The summed E-state index contributed by atoms with van der Waals surface area (Å²) >= 11 is 0. The first-order valence-electron chi connectivity index (χ1n) is 11.8. The predicted molar refractivity (Wildman–Crippen MR) is 134 cm³/mol. The third-order valence-corrected chi connectivity index (χ3v) is 5.92. The number of benzene rings is 2. The zero-order valence-electron chi connectivity index (χ0n) is 20.9. The standard InChI is InChI=1S/C26H22F6N6O2/c1-15-5-2-3-6-19(15)21-20-22(37-24(36-21)35-14-34-13-33)40-8-4-7-38(23(20)39)12-16-9-17(25(27,28)29)11-18(10-16)26(30,31)32/h2-3,5-6,9-11,13-14H,4,7-8,12H2,1H3,(H2,33,34,35,36,37). The Morgan fingerprint density at radius 3 is 2.35 bits per heavy atom. The maximum Gasteiger partial charge on any atom is 0.416 e. The molecule has 2 aromatic carbocycles. The van der Waals surface area contributed by atoms with Crippen molar-refractivity contribution in [2.45, 2.75) is 32.2 Å². The fourth-order valence-corrected chi connectivity index (χ4v) is 4.11. The van der Waals surface area contributed by atoms with Crippen LogP contribution < -0.4 is 10.5 Å². The van der Waals surface area contributed by atoms with Crippen molar-refractivity contribution < 1.29 is 35.9 Å². The van der Waals surface area contributed by atoms with Gasteiger partial charge in [0.1, 0.15) is 11.9 Å². The first kappa shape index (κ1) is 28.5. The highest BCUT2D eigenvalue weighted by molar-refractivity contribution is 6.02. The second-order valence-corrected chi connectivity index (χ2v) is 8.75. The molecule has 1 aliphatic rings. The summed E-state index contributed by atoms with van der Waals surface area (Å²) in [5.41, 5.74) is 3.24. The van der Waals surface area contributed by atoms with Gasteiger partial charge in [-0.2, -0.15) is 36.3 Å². The molecule has 3 aromatic rings. The van der Waals surface area contributed by atoms with E-state index in [1.54, 1.807) is 31.2 Å². The minimum atomic E-state index is -5.02. The van der Waals surface area contributed by atoms with Gasteiger partial charge in [0.05, 0.1) is 29.8 Å². The maximum absolute atomic E-state index is 13.9. The number of aliphatic imine (C=N–C) groups is 2. The van der Waals surface area contributed by atoms with E-state index in [9.17, 15) is 31.1 Å². The van der Waals surface area contributed by atoms with Gasteiger partial charge in [-0.25, -0.2) is 9.98 Å². The van der Waals surface area contributed by atoms with Crippen molar-refractivity contribution in [3.8, 4) is 17.1 Å². The molecule has 0 spiro atoms. The SMILES string of the molecule is Cc1ccccc1-c1nc(N=CN=CN)nc2c1C(=O)N(Cc1cc(C(F)(F)F)cc(C(F)(F)F)c1)CCCO2. The summed E-state index contributed by atoms with van der Waals surface area (Å²) in [5, 5.41) is 0. The molecule has 0 atom stereocenters. The second kappa shape index (κ2) is 11.3. The number of alkyl halides is 6. The summed E-state index contributed by atoms with van der Waals surface area (Å²) in [6, 6.07) is 8.21. The molecule has 1 aliphatic heterocycles. The smallest absolute Gasteiger partial charge is 0.416 e. The number of amides is 1. The lowest BCUT2D eigenvalue weighted by Gasteiger charge is -2.28. The van der Waals surface area contributed by atoms with Crippen molar-refractivity contribution in [3.63, 3.8) is 0 Å². The highest BCUT2D eigenvalue weighted by atomic mass is 19.4. The first-order chi connectivity index (χ1) is 18.9. The van der Waals surface area contributed by atoms with E-state index in [1.165, 1.54) is 0 Å². The van der Waals surface area contributed by atoms with Gasteiger partial charge >= 0.3 is 12.4 Å². The van der Waals surface area contributed by atoms with Crippen LogP contribution in [-0.4, -0.2) is 46.6 Å². The van der Waals surface area contributed by atoms with Gasteiger partial charge in [0.15, 0.2) is 0 Å². The normalized spacial score (nSPS) is 14.8. The number of nitrogens with two attached hydrogens (primary N) is 1. The maximum atomic E-state index is 13.9. The summed E-state index contributed by atoms with van der Waals surface area (Å²) in [4.78, 5) is 31.3. The van der Waals surface area contributed by atoms with Crippen LogP contribution in [-0.2, 0) is 18.9 Å². The number of hydrogen-bond acceptors (Lipinski definition) is 5. The molecular formula is C26H22F6N6O2. The Bertz CT molecular complexity index is 1440. The minimum Gasteiger partial charge on any atom is -0.477 e. The number of rotatable bonds is 5. The number of aromatic nitrogens is 2. The zero-order valence-corrected chi connectivity index (χ0v) is 20.9. The molecule has 0 bridgehead atoms. The number of aryl methyl sites for hydroxylation is 1.